The van der Waals surface area contributed by atoms with E-state index in [1.165, 1.54) is 37.1 Å². The van der Waals surface area contributed by atoms with Crippen molar-refractivity contribution in [3.8, 4) is 5.69 Å². The molecule has 0 saturated carbocycles. The smallest absolute Gasteiger partial charge is 0.123 e. The topological polar surface area (TPSA) is 33.1 Å². The van der Waals surface area contributed by atoms with E-state index >= 15 is 0 Å². The number of hydrogen-bond acceptors (Lipinski definition) is 3. The molecule has 1 fully saturated rings. The molecule has 3 aromatic rings. The molecule has 1 aliphatic heterocycles. The lowest BCUT2D eigenvalue weighted by Crippen LogP contribution is -2.29. The van der Waals surface area contributed by atoms with Gasteiger partial charge in [-0.2, -0.15) is 5.10 Å². The monoisotopic (exact) mass is 350 g/mol. The highest BCUT2D eigenvalue weighted by Gasteiger charge is 2.11. The van der Waals surface area contributed by atoms with E-state index in [1.807, 2.05) is 12.4 Å². The molecule has 0 unspecified atom stereocenters. The van der Waals surface area contributed by atoms with E-state index in [2.05, 4.69) is 39.6 Å². The number of halogens is 1. The Kier molecular flexibility index (Phi) is 4.86. The predicted octanol–water partition coefficient (Wildman–Crippen LogP) is 4.61. The number of nitrogens with zero attached hydrogens (tertiary/aromatic N) is 3. The van der Waals surface area contributed by atoms with E-state index in [0.29, 0.717) is 6.54 Å². The van der Waals surface area contributed by atoms with Crippen molar-refractivity contribution in [1.29, 1.82) is 0 Å². The Balaban J connectivity index is 1.40. The van der Waals surface area contributed by atoms with Crippen LogP contribution < -0.4 is 10.2 Å². The first-order chi connectivity index (χ1) is 12.8. The van der Waals surface area contributed by atoms with Gasteiger partial charge in [0, 0.05) is 42.8 Å². The summed E-state index contributed by atoms with van der Waals surface area (Å²) < 4.78 is 14.8. The minimum Gasteiger partial charge on any atom is -0.381 e. The van der Waals surface area contributed by atoms with Crippen LogP contribution in [0.3, 0.4) is 0 Å². The number of anilines is 2. The Bertz CT molecular complexity index is 850. The third-order valence-corrected chi connectivity index (χ3v) is 4.79. The predicted molar refractivity (Wildman–Crippen MR) is 103 cm³/mol. The normalized spacial score (nSPS) is 14.4. The Morgan fingerprint density at radius 3 is 2.58 bits per heavy atom. The molecule has 1 N–H and O–H groups in total. The quantitative estimate of drug-likeness (QED) is 0.729. The van der Waals surface area contributed by atoms with Crippen molar-refractivity contribution in [2.45, 2.75) is 25.8 Å². The lowest BCUT2D eigenvalue weighted by atomic mass is 10.1. The minimum absolute atomic E-state index is 0.239. The van der Waals surface area contributed by atoms with Crippen LogP contribution in [0.1, 0.15) is 24.8 Å². The van der Waals surface area contributed by atoms with Gasteiger partial charge in [0.1, 0.15) is 5.82 Å². The second-order valence-corrected chi connectivity index (χ2v) is 6.72. The van der Waals surface area contributed by atoms with Crippen LogP contribution >= 0.6 is 0 Å². The summed E-state index contributed by atoms with van der Waals surface area (Å²) in [5, 5.41) is 7.84. The van der Waals surface area contributed by atoms with Crippen LogP contribution in [-0.2, 0) is 6.54 Å². The molecule has 0 bridgehead atoms. The van der Waals surface area contributed by atoms with Gasteiger partial charge in [-0.05, 0) is 61.7 Å². The summed E-state index contributed by atoms with van der Waals surface area (Å²) in [4.78, 5) is 2.46. The van der Waals surface area contributed by atoms with Gasteiger partial charge in [0.2, 0.25) is 0 Å². The third kappa shape index (κ3) is 3.87. The van der Waals surface area contributed by atoms with Gasteiger partial charge in [-0.15, -0.1) is 0 Å². The Morgan fingerprint density at radius 2 is 1.77 bits per heavy atom. The summed E-state index contributed by atoms with van der Waals surface area (Å²) in [5.74, 6) is -0.239. The fraction of sp³-hybridized carbons (Fsp3) is 0.286. The molecule has 2 aromatic carbocycles. The minimum atomic E-state index is -0.239. The molecule has 1 saturated heterocycles. The van der Waals surface area contributed by atoms with Crippen LogP contribution in [0.25, 0.3) is 5.69 Å². The van der Waals surface area contributed by atoms with Gasteiger partial charge < -0.3 is 10.2 Å². The largest absolute Gasteiger partial charge is 0.381 e. The highest BCUT2D eigenvalue weighted by molar-refractivity contribution is 5.58. The summed E-state index contributed by atoms with van der Waals surface area (Å²) in [6, 6.07) is 14.9. The average Bonchev–Trinajstić information content (AvgIpc) is 3.17. The molecule has 5 heteroatoms. The summed E-state index contributed by atoms with van der Waals surface area (Å²) in [6.07, 6.45) is 7.70. The van der Waals surface area contributed by atoms with Crippen molar-refractivity contribution in [3.63, 3.8) is 0 Å². The van der Waals surface area contributed by atoms with Crippen molar-refractivity contribution in [2.75, 3.05) is 23.3 Å². The fourth-order valence-corrected chi connectivity index (χ4v) is 3.36. The van der Waals surface area contributed by atoms with Crippen LogP contribution in [0.2, 0.25) is 0 Å². The van der Waals surface area contributed by atoms with Gasteiger partial charge in [0.15, 0.2) is 0 Å². The van der Waals surface area contributed by atoms with Gasteiger partial charge in [0.25, 0.3) is 0 Å². The zero-order valence-electron chi connectivity index (χ0n) is 14.7. The molecule has 26 heavy (non-hydrogen) atoms. The van der Waals surface area contributed by atoms with Gasteiger partial charge in [-0.25, -0.2) is 9.07 Å². The van der Waals surface area contributed by atoms with Gasteiger partial charge in [-0.3, -0.25) is 0 Å². The van der Waals surface area contributed by atoms with E-state index in [1.54, 1.807) is 16.8 Å². The molecule has 0 amide bonds. The first-order valence-corrected chi connectivity index (χ1v) is 9.16. The highest BCUT2D eigenvalue weighted by atomic mass is 19.1. The third-order valence-electron chi connectivity index (χ3n) is 4.79. The maximum Gasteiger partial charge on any atom is 0.123 e. The number of piperidine rings is 1. The van der Waals surface area contributed by atoms with Crippen molar-refractivity contribution >= 4 is 11.4 Å². The lowest BCUT2D eigenvalue weighted by Gasteiger charge is -2.29. The lowest BCUT2D eigenvalue weighted by molar-refractivity contribution is 0.578. The second kappa shape index (κ2) is 7.60. The van der Waals surface area contributed by atoms with Crippen molar-refractivity contribution in [2.24, 2.45) is 0 Å². The van der Waals surface area contributed by atoms with Gasteiger partial charge in [0.05, 0.1) is 11.9 Å². The van der Waals surface area contributed by atoms with Gasteiger partial charge >= 0.3 is 0 Å². The van der Waals surface area contributed by atoms with Crippen LogP contribution in [0.5, 0.6) is 0 Å². The maximum absolute atomic E-state index is 13.0. The standard InChI is InChI=1S/C21H23FN4/c22-18-7-9-20(10-8-18)26-16-17(15-24-26)14-23-19-5-4-6-21(13-19)25-11-2-1-3-12-25/h4-10,13,15-16,23H,1-3,11-12,14H2. The molecular formula is C21H23FN4. The van der Waals surface area contributed by atoms with Crippen LogP contribution in [0.15, 0.2) is 60.9 Å². The SMILES string of the molecule is Fc1ccc(-n2cc(CNc3cccc(N4CCCCC4)c3)cn2)cc1. The molecule has 4 nitrogen and oxygen atoms in total. The molecule has 2 heterocycles. The molecule has 0 spiro atoms. The van der Waals surface area contributed by atoms with Gasteiger partial charge in [-0.1, -0.05) is 6.07 Å². The van der Waals surface area contributed by atoms with Crippen LogP contribution in [-0.4, -0.2) is 22.9 Å². The molecular weight excluding hydrogens is 327 g/mol. The molecule has 1 aromatic heterocycles. The number of aromatic nitrogens is 2. The van der Waals surface area contributed by atoms with Crippen molar-refractivity contribution < 1.29 is 4.39 Å². The molecule has 0 aliphatic carbocycles. The van der Waals surface area contributed by atoms with Crippen LogP contribution in [0, 0.1) is 5.82 Å². The number of benzene rings is 2. The second-order valence-electron chi connectivity index (χ2n) is 6.72. The van der Waals surface area contributed by atoms with Crippen molar-refractivity contribution in [1.82, 2.24) is 9.78 Å². The highest BCUT2D eigenvalue weighted by Crippen LogP contribution is 2.23. The summed E-state index contributed by atoms with van der Waals surface area (Å²) in [5.41, 5.74) is 4.33. The Morgan fingerprint density at radius 1 is 0.962 bits per heavy atom. The van der Waals surface area contributed by atoms with E-state index in [4.69, 9.17) is 0 Å². The van der Waals surface area contributed by atoms with E-state index in [-0.39, 0.29) is 5.82 Å². The zero-order valence-corrected chi connectivity index (χ0v) is 14.7. The molecule has 0 atom stereocenters. The Labute approximate surface area is 153 Å². The van der Waals surface area contributed by atoms with Crippen LogP contribution in [0.4, 0.5) is 15.8 Å². The summed E-state index contributed by atoms with van der Waals surface area (Å²) in [6.45, 7) is 2.99. The first kappa shape index (κ1) is 16.6. The molecule has 1 aliphatic rings. The number of hydrogen-bond donors (Lipinski definition) is 1. The average molecular weight is 350 g/mol. The molecule has 0 radical (unpaired) electrons. The maximum atomic E-state index is 13.0. The Hall–Kier alpha value is -2.82. The molecule has 134 valence electrons. The van der Waals surface area contributed by atoms with E-state index in [9.17, 15) is 4.39 Å². The van der Waals surface area contributed by atoms with Crippen molar-refractivity contribution in [3.05, 3.63) is 72.3 Å². The molecule has 4 rings (SSSR count). The first-order valence-electron chi connectivity index (χ1n) is 9.16. The number of rotatable bonds is 5. The fourth-order valence-electron chi connectivity index (χ4n) is 3.36. The summed E-state index contributed by atoms with van der Waals surface area (Å²) in [7, 11) is 0. The zero-order chi connectivity index (χ0) is 17.8. The van der Waals surface area contributed by atoms with E-state index < -0.39 is 0 Å². The summed E-state index contributed by atoms with van der Waals surface area (Å²) >= 11 is 0. The number of nitrogens with one attached hydrogen (secondary N) is 1. The van der Waals surface area contributed by atoms with E-state index in [0.717, 1.165) is 30.0 Å².